The van der Waals surface area contributed by atoms with Crippen molar-refractivity contribution in [1.29, 1.82) is 0 Å². The van der Waals surface area contributed by atoms with Crippen molar-refractivity contribution in [2.24, 2.45) is 7.05 Å². The minimum absolute atomic E-state index is 0.564. The van der Waals surface area contributed by atoms with E-state index in [-0.39, 0.29) is 0 Å². The number of nitrogens with zero attached hydrogens (tertiary/aromatic N) is 5. The first kappa shape index (κ1) is 11.9. The summed E-state index contributed by atoms with van der Waals surface area (Å²) >= 11 is 0. The molecule has 5 nitrogen and oxygen atoms in total. The molecule has 5 heteroatoms. The number of fused-ring (bicyclic) bond motifs is 1. The lowest BCUT2D eigenvalue weighted by molar-refractivity contribution is 0.470. The molecule has 1 fully saturated rings. The van der Waals surface area contributed by atoms with Gasteiger partial charge in [-0.3, -0.25) is 0 Å². The van der Waals surface area contributed by atoms with Gasteiger partial charge in [0.25, 0.3) is 0 Å². The van der Waals surface area contributed by atoms with E-state index in [9.17, 15) is 0 Å². The first-order valence-electron chi connectivity index (χ1n) is 7.37. The number of hydrogen-bond acceptors (Lipinski definition) is 4. The van der Waals surface area contributed by atoms with Crippen LogP contribution in [0.4, 0.5) is 5.95 Å². The molecular formula is C15H19N5. The Kier molecular flexibility index (Phi) is 2.55. The lowest BCUT2D eigenvalue weighted by Crippen LogP contribution is -2.46. The van der Waals surface area contributed by atoms with Gasteiger partial charge in [0.15, 0.2) is 0 Å². The summed E-state index contributed by atoms with van der Waals surface area (Å²) in [7, 11) is 2.03. The number of aryl methyl sites for hydroxylation is 2. The molecule has 1 aliphatic carbocycles. The molecule has 20 heavy (non-hydrogen) atoms. The Bertz CT molecular complexity index is 660. The van der Waals surface area contributed by atoms with E-state index in [2.05, 4.69) is 16.8 Å². The highest BCUT2D eigenvalue weighted by molar-refractivity contribution is 5.63. The topological polar surface area (TPSA) is 46.8 Å². The molecule has 0 spiro atoms. The van der Waals surface area contributed by atoms with Crippen LogP contribution in [0.2, 0.25) is 0 Å². The summed E-state index contributed by atoms with van der Waals surface area (Å²) in [4.78, 5) is 16.2. The predicted octanol–water partition coefficient (Wildman–Crippen LogP) is 1.96. The number of rotatable bonds is 2. The van der Waals surface area contributed by atoms with Crippen molar-refractivity contribution >= 4 is 5.95 Å². The van der Waals surface area contributed by atoms with Crippen LogP contribution in [0, 0.1) is 0 Å². The maximum absolute atomic E-state index is 4.87. The summed E-state index contributed by atoms with van der Waals surface area (Å²) in [6.45, 7) is 3.31. The third kappa shape index (κ3) is 1.65. The summed E-state index contributed by atoms with van der Waals surface area (Å²) < 4.78 is 2.05. The van der Waals surface area contributed by atoms with Gasteiger partial charge >= 0.3 is 0 Å². The highest BCUT2D eigenvalue weighted by atomic mass is 15.3. The SMILES string of the molecule is C[C@H]1CCN1c1nc2c(c(-c3cncn3C)n1)CCC2. The summed E-state index contributed by atoms with van der Waals surface area (Å²) in [5, 5.41) is 0. The second-order valence-electron chi connectivity index (χ2n) is 5.87. The molecule has 2 aromatic heterocycles. The van der Waals surface area contributed by atoms with E-state index in [0.29, 0.717) is 6.04 Å². The molecule has 0 amide bonds. The van der Waals surface area contributed by atoms with Crippen LogP contribution in [0.15, 0.2) is 12.5 Å². The molecule has 0 aromatic carbocycles. The van der Waals surface area contributed by atoms with Gasteiger partial charge in [0.1, 0.15) is 0 Å². The van der Waals surface area contributed by atoms with Gasteiger partial charge in [0.05, 0.1) is 23.9 Å². The Morgan fingerprint density at radius 3 is 2.80 bits per heavy atom. The number of imidazole rings is 1. The van der Waals surface area contributed by atoms with Crippen LogP contribution in [0.1, 0.15) is 31.0 Å². The van der Waals surface area contributed by atoms with E-state index in [1.807, 2.05) is 24.1 Å². The van der Waals surface area contributed by atoms with Crippen LogP contribution < -0.4 is 4.90 Å². The van der Waals surface area contributed by atoms with E-state index < -0.39 is 0 Å². The fraction of sp³-hybridized carbons (Fsp3) is 0.533. The molecule has 0 bridgehead atoms. The van der Waals surface area contributed by atoms with E-state index in [1.165, 1.54) is 24.1 Å². The van der Waals surface area contributed by atoms with E-state index in [4.69, 9.17) is 9.97 Å². The average molecular weight is 269 g/mol. The molecule has 2 aromatic rings. The van der Waals surface area contributed by atoms with Gasteiger partial charge in [0.2, 0.25) is 5.95 Å². The second-order valence-corrected chi connectivity index (χ2v) is 5.87. The van der Waals surface area contributed by atoms with Crippen LogP contribution in [0.25, 0.3) is 11.4 Å². The largest absolute Gasteiger partial charge is 0.338 e. The third-order valence-corrected chi connectivity index (χ3v) is 4.56. The Morgan fingerprint density at radius 2 is 2.15 bits per heavy atom. The Balaban J connectivity index is 1.87. The summed E-state index contributed by atoms with van der Waals surface area (Å²) in [5.41, 5.74) is 4.75. The van der Waals surface area contributed by atoms with Gasteiger partial charge in [-0.2, -0.15) is 0 Å². The van der Waals surface area contributed by atoms with Crippen LogP contribution in [0.5, 0.6) is 0 Å². The summed E-state index contributed by atoms with van der Waals surface area (Å²) in [6.07, 6.45) is 8.34. The first-order valence-corrected chi connectivity index (χ1v) is 7.37. The van der Waals surface area contributed by atoms with Crippen molar-refractivity contribution in [3.63, 3.8) is 0 Å². The van der Waals surface area contributed by atoms with E-state index >= 15 is 0 Å². The smallest absolute Gasteiger partial charge is 0.226 e. The van der Waals surface area contributed by atoms with Gasteiger partial charge in [-0.25, -0.2) is 15.0 Å². The fourth-order valence-corrected chi connectivity index (χ4v) is 3.16. The third-order valence-electron chi connectivity index (χ3n) is 4.56. The molecule has 104 valence electrons. The second kappa shape index (κ2) is 4.30. The molecule has 0 N–H and O–H groups in total. The predicted molar refractivity (Wildman–Crippen MR) is 77.7 cm³/mol. The zero-order valence-electron chi connectivity index (χ0n) is 12.0. The molecule has 2 aliphatic rings. The highest BCUT2D eigenvalue weighted by Gasteiger charge is 2.29. The van der Waals surface area contributed by atoms with Crippen LogP contribution >= 0.6 is 0 Å². The number of anilines is 1. The lowest BCUT2D eigenvalue weighted by Gasteiger charge is -2.39. The van der Waals surface area contributed by atoms with Crippen molar-refractivity contribution in [2.45, 2.75) is 38.6 Å². The lowest BCUT2D eigenvalue weighted by atomic mass is 10.1. The number of aromatic nitrogens is 4. The van der Waals surface area contributed by atoms with Gasteiger partial charge in [-0.05, 0) is 32.6 Å². The zero-order valence-corrected chi connectivity index (χ0v) is 12.0. The first-order chi connectivity index (χ1) is 9.74. The average Bonchev–Trinajstić information content (AvgIpc) is 3.04. The minimum Gasteiger partial charge on any atom is -0.338 e. The molecule has 1 saturated heterocycles. The van der Waals surface area contributed by atoms with Crippen LogP contribution in [-0.2, 0) is 19.9 Å². The standard InChI is InChI=1S/C15H19N5/c1-10-6-7-20(10)15-17-12-5-3-4-11(12)14(18-15)13-8-16-9-19(13)2/h8-10H,3-7H2,1-2H3/t10-/m0/s1. The minimum atomic E-state index is 0.564. The Labute approximate surface area is 118 Å². The van der Waals surface area contributed by atoms with Crippen molar-refractivity contribution in [1.82, 2.24) is 19.5 Å². The molecular weight excluding hydrogens is 250 g/mol. The summed E-state index contributed by atoms with van der Waals surface area (Å²) in [5.74, 6) is 0.903. The monoisotopic (exact) mass is 269 g/mol. The van der Waals surface area contributed by atoms with Crippen molar-refractivity contribution in [2.75, 3.05) is 11.4 Å². The molecule has 3 heterocycles. The van der Waals surface area contributed by atoms with Crippen LogP contribution in [0.3, 0.4) is 0 Å². The van der Waals surface area contributed by atoms with E-state index in [1.54, 1.807) is 0 Å². The van der Waals surface area contributed by atoms with Crippen molar-refractivity contribution in [3.05, 3.63) is 23.8 Å². The fourth-order valence-electron chi connectivity index (χ4n) is 3.16. The summed E-state index contributed by atoms with van der Waals surface area (Å²) in [6, 6.07) is 0.564. The van der Waals surface area contributed by atoms with E-state index in [0.717, 1.165) is 36.7 Å². The van der Waals surface area contributed by atoms with Crippen molar-refractivity contribution < 1.29 is 0 Å². The van der Waals surface area contributed by atoms with Gasteiger partial charge < -0.3 is 9.47 Å². The molecule has 0 saturated carbocycles. The van der Waals surface area contributed by atoms with Gasteiger partial charge in [-0.15, -0.1) is 0 Å². The molecule has 0 radical (unpaired) electrons. The maximum atomic E-state index is 4.87. The Morgan fingerprint density at radius 1 is 1.25 bits per heavy atom. The van der Waals surface area contributed by atoms with Gasteiger partial charge in [-0.1, -0.05) is 0 Å². The molecule has 1 aliphatic heterocycles. The number of hydrogen-bond donors (Lipinski definition) is 0. The maximum Gasteiger partial charge on any atom is 0.226 e. The molecule has 0 unspecified atom stereocenters. The normalized spacial score (nSPS) is 20.9. The highest BCUT2D eigenvalue weighted by Crippen LogP contribution is 2.33. The quantitative estimate of drug-likeness (QED) is 0.836. The molecule has 1 atom stereocenters. The molecule has 4 rings (SSSR count). The van der Waals surface area contributed by atoms with Crippen LogP contribution in [-0.4, -0.2) is 32.1 Å². The Hall–Kier alpha value is -1.91. The van der Waals surface area contributed by atoms with Gasteiger partial charge in [0, 0.05) is 30.9 Å². The zero-order chi connectivity index (χ0) is 13.7. The van der Waals surface area contributed by atoms with Crippen molar-refractivity contribution in [3.8, 4) is 11.4 Å².